The maximum Gasteiger partial charge on any atom is 0.223 e. The molecule has 0 spiro atoms. The molecule has 5 nitrogen and oxygen atoms in total. The van der Waals surface area contributed by atoms with E-state index < -0.39 is 0 Å². The lowest BCUT2D eigenvalue weighted by Gasteiger charge is -2.40. The van der Waals surface area contributed by atoms with Crippen LogP contribution in [0.5, 0.6) is 5.75 Å². The molecule has 142 valence electrons. The van der Waals surface area contributed by atoms with Crippen LogP contribution in [0.1, 0.15) is 56.9 Å². The summed E-state index contributed by atoms with van der Waals surface area (Å²) < 4.78 is 5.28. The highest BCUT2D eigenvalue weighted by Gasteiger charge is 2.38. The quantitative estimate of drug-likeness (QED) is 0.879. The third-order valence-electron chi connectivity index (χ3n) is 6.25. The predicted octanol–water partition coefficient (Wildman–Crippen LogP) is 3.01. The fraction of sp³-hybridized carbons (Fsp3) is 0.619. The van der Waals surface area contributed by atoms with Crippen molar-refractivity contribution in [1.82, 2.24) is 4.90 Å². The van der Waals surface area contributed by atoms with Crippen LogP contribution in [-0.4, -0.2) is 36.9 Å². The van der Waals surface area contributed by atoms with E-state index in [-0.39, 0.29) is 23.1 Å². The molecule has 1 aliphatic heterocycles. The highest BCUT2D eigenvalue weighted by atomic mass is 16.5. The first-order chi connectivity index (χ1) is 12.5. The molecule has 2 aliphatic rings. The lowest BCUT2D eigenvalue weighted by atomic mass is 9.67. The molecule has 2 amide bonds. The van der Waals surface area contributed by atoms with Gasteiger partial charge in [-0.25, -0.2) is 0 Å². The maximum atomic E-state index is 13.0. The molecule has 1 aromatic rings. The number of benzene rings is 1. The van der Waals surface area contributed by atoms with E-state index >= 15 is 0 Å². The Morgan fingerprint density at radius 1 is 1.12 bits per heavy atom. The Bertz CT molecular complexity index is 627. The van der Waals surface area contributed by atoms with Crippen molar-refractivity contribution in [1.29, 1.82) is 0 Å². The van der Waals surface area contributed by atoms with Crippen LogP contribution in [0.2, 0.25) is 0 Å². The Labute approximate surface area is 155 Å². The first-order valence-electron chi connectivity index (χ1n) is 9.76. The van der Waals surface area contributed by atoms with E-state index in [1.54, 1.807) is 7.11 Å². The van der Waals surface area contributed by atoms with Crippen molar-refractivity contribution in [2.45, 2.75) is 56.8 Å². The Hall–Kier alpha value is -2.04. The molecule has 1 heterocycles. The molecule has 1 aromatic carbocycles. The highest BCUT2D eigenvalue weighted by molar-refractivity contribution is 5.79. The van der Waals surface area contributed by atoms with Crippen molar-refractivity contribution < 1.29 is 14.3 Å². The number of hydrogen-bond donors (Lipinski definition) is 1. The third-order valence-corrected chi connectivity index (χ3v) is 6.25. The van der Waals surface area contributed by atoms with Gasteiger partial charge in [0.05, 0.1) is 7.11 Å². The van der Waals surface area contributed by atoms with Crippen LogP contribution in [0.4, 0.5) is 0 Å². The minimum absolute atomic E-state index is 0.0673. The van der Waals surface area contributed by atoms with Crippen molar-refractivity contribution in [2.75, 3.05) is 20.2 Å². The van der Waals surface area contributed by atoms with E-state index in [0.29, 0.717) is 32.4 Å². The second kappa shape index (κ2) is 8.11. The number of hydrogen-bond acceptors (Lipinski definition) is 3. The molecule has 0 unspecified atom stereocenters. The fourth-order valence-corrected chi connectivity index (χ4v) is 4.56. The predicted molar refractivity (Wildman–Crippen MR) is 101 cm³/mol. The van der Waals surface area contributed by atoms with Crippen LogP contribution in [0.25, 0.3) is 0 Å². The monoisotopic (exact) mass is 358 g/mol. The van der Waals surface area contributed by atoms with Gasteiger partial charge in [0.1, 0.15) is 5.75 Å². The fourth-order valence-electron chi connectivity index (χ4n) is 4.56. The van der Waals surface area contributed by atoms with Gasteiger partial charge < -0.3 is 15.4 Å². The van der Waals surface area contributed by atoms with Gasteiger partial charge in [-0.3, -0.25) is 9.59 Å². The molecule has 5 heteroatoms. The highest BCUT2D eigenvalue weighted by Crippen LogP contribution is 2.43. The Balaban J connectivity index is 1.72. The summed E-state index contributed by atoms with van der Waals surface area (Å²) in [5.74, 6) is 0.744. The van der Waals surface area contributed by atoms with Crippen molar-refractivity contribution in [2.24, 2.45) is 11.7 Å². The second-order valence-corrected chi connectivity index (χ2v) is 7.80. The molecule has 2 fully saturated rings. The van der Waals surface area contributed by atoms with Crippen LogP contribution in [-0.2, 0) is 15.0 Å². The van der Waals surface area contributed by atoms with E-state index in [4.69, 9.17) is 10.5 Å². The number of carbonyl (C=O) groups excluding carboxylic acids is 2. The number of ether oxygens (including phenoxy) is 1. The van der Waals surface area contributed by atoms with Crippen LogP contribution in [0.3, 0.4) is 0 Å². The zero-order valence-corrected chi connectivity index (χ0v) is 15.7. The summed E-state index contributed by atoms with van der Waals surface area (Å²) in [4.78, 5) is 26.3. The molecule has 0 radical (unpaired) electrons. The molecule has 26 heavy (non-hydrogen) atoms. The zero-order chi connectivity index (χ0) is 18.6. The lowest BCUT2D eigenvalue weighted by Crippen LogP contribution is -2.44. The number of piperidine rings is 1. The standard InChI is InChI=1S/C21H30N2O3/c1-26-18-7-5-17(6-8-18)21(11-3-2-4-12-21)15-19(24)23-13-9-16(10-14-23)20(22)25/h5-8,16H,2-4,9-15H2,1H3,(H2,22,25). The molecule has 3 rings (SSSR count). The Morgan fingerprint density at radius 2 is 1.73 bits per heavy atom. The topological polar surface area (TPSA) is 72.6 Å². The van der Waals surface area contributed by atoms with Gasteiger partial charge in [-0.1, -0.05) is 31.4 Å². The summed E-state index contributed by atoms with van der Waals surface area (Å²) >= 11 is 0. The minimum Gasteiger partial charge on any atom is -0.497 e. The molecular formula is C21H30N2O3. The molecule has 0 bridgehead atoms. The summed E-state index contributed by atoms with van der Waals surface area (Å²) in [6.07, 6.45) is 7.64. The van der Waals surface area contributed by atoms with Crippen LogP contribution >= 0.6 is 0 Å². The summed E-state index contributed by atoms with van der Waals surface area (Å²) in [6.45, 7) is 1.29. The van der Waals surface area contributed by atoms with Gasteiger partial charge in [0.15, 0.2) is 0 Å². The second-order valence-electron chi connectivity index (χ2n) is 7.80. The van der Waals surface area contributed by atoms with Gasteiger partial charge in [-0.05, 0) is 43.4 Å². The van der Waals surface area contributed by atoms with Gasteiger partial charge in [0.25, 0.3) is 0 Å². The lowest BCUT2D eigenvalue weighted by molar-refractivity contribution is -0.136. The molecule has 0 aromatic heterocycles. The first-order valence-corrected chi connectivity index (χ1v) is 9.76. The van der Waals surface area contributed by atoms with E-state index in [0.717, 1.165) is 18.6 Å². The van der Waals surface area contributed by atoms with Gasteiger partial charge in [0, 0.05) is 30.8 Å². The maximum absolute atomic E-state index is 13.0. The van der Waals surface area contributed by atoms with Gasteiger partial charge in [-0.15, -0.1) is 0 Å². The molecule has 2 N–H and O–H groups in total. The molecular weight excluding hydrogens is 328 g/mol. The van der Waals surface area contributed by atoms with E-state index in [9.17, 15) is 9.59 Å². The number of nitrogens with zero attached hydrogens (tertiary/aromatic N) is 1. The molecule has 1 saturated carbocycles. The van der Waals surface area contributed by atoms with Crippen molar-refractivity contribution in [3.05, 3.63) is 29.8 Å². The summed E-state index contributed by atoms with van der Waals surface area (Å²) in [5.41, 5.74) is 6.59. The first kappa shape index (κ1) is 18.7. The SMILES string of the molecule is COc1ccc(C2(CC(=O)N3CCC(C(N)=O)CC3)CCCCC2)cc1. The number of carbonyl (C=O) groups is 2. The van der Waals surface area contributed by atoms with E-state index in [1.165, 1.54) is 24.8 Å². The van der Waals surface area contributed by atoms with Crippen molar-refractivity contribution in [3.63, 3.8) is 0 Å². The number of primary amides is 1. The largest absolute Gasteiger partial charge is 0.497 e. The molecule has 1 saturated heterocycles. The smallest absolute Gasteiger partial charge is 0.223 e. The number of likely N-dealkylation sites (tertiary alicyclic amines) is 1. The van der Waals surface area contributed by atoms with Crippen molar-refractivity contribution in [3.8, 4) is 5.75 Å². The minimum atomic E-state index is -0.237. The summed E-state index contributed by atoms with van der Waals surface area (Å²) in [7, 11) is 1.67. The average molecular weight is 358 g/mol. The van der Waals surface area contributed by atoms with Crippen LogP contribution < -0.4 is 10.5 Å². The molecule has 1 aliphatic carbocycles. The van der Waals surface area contributed by atoms with Crippen LogP contribution in [0.15, 0.2) is 24.3 Å². The zero-order valence-electron chi connectivity index (χ0n) is 15.7. The summed E-state index contributed by atoms with van der Waals surface area (Å²) in [5, 5.41) is 0. The normalized spacial score (nSPS) is 20.6. The average Bonchev–Trinajstić information content (AvgIpc) is 2.68. The van der Waals surface area contributed by atoms with E-state index in [1.807, 2.05) is 17.0 Å². The number of nitrogens with two attached hydrogens (primary N) is 1. The van der Waals surface area contributed by atoms with Gasteiger partial charge in [0.2, 0.25) is 11.8 Å². The Morgan fingerprint density at radius 3 is 2.27 bits per heavy atom. The number of amides is 2. The summed E-state index contributed by atoms with van der Waals surface area (Å²) in [6, 6.07) is 8.23. The Kier molecular flexibility index (Phi) is 5.84. The molecule has 0 atom stereocenters. The van der Waals surface area contributed by atoms with Gasteiger partial charge in [-0.2, -0.15) is 0 Å². The third kappa shape index (κ3) is 4.02. The van der Waals surface area contributed by atoms with Crippen LogP contribution in [0, 0.1) is 5.92 Å². The number of methoxy groups -OCH3 is 1. The van der Waals surface area contributed by atoms with E-state index in [2.05, 4.69) is 12.1 Å². The van der Waals surface area contributed by atoms with Crippen molar-refractivity contribution >= 4 is 11.8 Å². The van der Waals surface area contributed by atoms with Gasteiger partial charge >= 0.3 is 0 Å². The number of rotatable bonds is 5.